The summed E-state index contributed by atoms with van der Waals surface area (Å²) in [5.74, 6) is 0.824. The first-order valence-corrected chi connectivity index (χ1v) is 4.68. The van der Waals surface area contributed by atoms with Crippen LogP contribution in [0.5, 0.6) is 0 Å². The van der Waals surface area contributed by atoms with Crippen molar-refractivity contribution in [3.8, 4) is 12.3 Å². The number of carboxylic acid groups (broad SMARTS) is 1. The lowest BCUT2D eigenvalue weighted by atomic mass is 10.2. The second kappa shape index (κ2) is 7.83. The molecule has 0 heterocycles. The molecular formula is C10H15NO4. The molecule has 0 aromatic heterocycles. The summed E-state index contributed by atoms with van der Waals surface area (Å²) in [6.07, 6.45) is 7.22. The van der Waals surface area contributed by atoms with Crippen LogP contribution in [-0.2, 0) is 9.59 Å². The van der Waals surface area contributed by atoms with E-state index in [0.717, 1.165) is 6.42 Å². The van der Waals surface area contributed by atoms with Gasteiger partial charge in [0, 0.05) is 12.8 Å². The lowest BCUT2D eigenvalue weighted by molar-refractivity contribution is -0.142. The predicted octanol–water partition coefficient (Wildman–Crippen LogP) is -0.258. The van der Waals surface area contributed by atoms with Crippen molar-refractivity contribution < 1.29 is 19.8 Å². The molecule has 0 saturated heterocycles. The van der Waals surface area contributed by atoms with Crippen molar-refractivity contribution in [3.63, 3.8) is 0 Å². The number of terminal acetylenes is 1. The molecule has 0 aliphatic carbocycles. The zero-order valence-electron chi connectivity index (χ0n) is 8.40. The Morgan fingerprint density at radius 1 is 1.40 bits per heavy atom. The number of aliphatic carboxylic acids is 1. The number of carbonyl (C=O) groups is 2. The Bertz CT molecular complexity index is 257. The second-order valence-corrected chi connectivity index (χ2v) is 3.05. The molecule has 84 valence electrons. The average Bonchev–Trinajstić information content (AvgIpc) is 2.20. The van der Waals surface area contributed by atoms with E-state index < -0.39 is 18.6 Å². The molecule has 5 nitrogen and oxygen atoms in total. The fourth-order valence-electron chi connectivity index (χ4n) is 0.965. The minimum absolute atomic E-state index is 0.228. The van der Waals surface area contributed by atoms with Crippen LogP contribution in [0.3, 0.4) is 0 Å². The number of unbranched alkanes of at least 4 members (excludes halogenated alkanes) is 2. The summed E-state index contributed by atoms with van der Waals surface area (Å²) >= 11 is 0. The molecule has 3 N–H and O–H groups in total. The number of aliphatic hydroxyl groups excluding tert-OH is 1. The van der Waals surface area contributed by atoms with Crippen LogP contribution < -0.4 is 5.32 Å². The molecule has 0 rings (SSSR count). The van der Waals surface area contributed by atoms with Gasteiger partial charge in [-0.1, -0.05) is 0 Å². The van der Waals surface area contributed by atoms with Gasteiger partial charge < -0.3 is 15.5 Å². The number of aliphatic hydroxyl groups is 1. The van der Waals surface area contributed by atoms with E-state index in [-0.39, 0.29) is 12.3 Å². The molecule has 1 atom stereocenters. The normalized spacial score (nSPS) is 11.5. The Hall–Kier alpha value is -1.54. The smallest absolute Gasteiger partial charge is 0.328 e. The van der Waals surface area contributed by atoms with Gasteiger partial charge in [-0.2, -0.15) is 0 Å². The third kappa shape index (κ3) is 6.52. The van der Waals surface area contributed by atoms with E-state index in [1.165, 1.54) is 0 Å². The fourth-order valence-corrected chi connectivity index (χ4v) is 0.965. The van der Waals surface area contributed by atoms with Crippen molar-refractivity contribution in [3.05, 3.63) is 0 Å². The lowest BCUT2D eigenvalue weighted by Gasteiger charge is -2.10. The quantitative estimate of drug-likeness (QED) is 0.402. The van der Waals surface area contributed by atoms with Crippen LogP contribution in [0.25, 0.3) is 0 Å². The zero-order chi connectivity index (χ0) is 11.7. The molecule has 0 saturated carbocycles. The third-order valence-corrected chi connectivity index (χ3v) is 1.79. The Kier molecular flexibility index (Phi) is 7.02. The molecule has 0 fully saturated rings. The second-order valence-electron chi connectivity index (χ2n) is 3.05. The third-order valence-electron chi connectivity index (χ3n) is 1.79. The number of carbonyl (C=O) groups excluding carboxylic acids is 1. The molecular weight excluding hydrogens is 198 g/mol. The van der Waals surface area contributed by atoms with E-state index in [2.05, 4.69) is 11.2 Å². The van der Waals surface area contributed by atoms with E-state index >= 15 is 0 Å². The van der Waals surface area contributed by atoms with Gasteiger partial charge in [0.1, 0.15) is 6.04 Å². The lowest BCUT2D eigenvalue weighted by Crippen LogP contribution is -2.43. The van der Waals surface area contributed by atoms with Gasteiger partial charge in [-0.05, 0) is 12.8 Å². The van der Waals surface area contributed by atoms with Crippen LogP contribution in [0.15, 0.2) is 0 Å². The molecule has 1 amide bonds. The number of rotatable bonds is 7. The van der Waals surface area contributed by atoms with Crippen LogP contribution in [-0.4, -0.2) is 34.7 Å². The van der Waals surface area contributed by atoms with Gasteiger partial charge in [0.25, 0.3) is 0 Å². The topological polar surface area (TPSA) is 86.6 Å². The number of amides is 1. The summed E-state index contributed by atoms with van der Waals surface area (Å²) in [4.78, 5) is 21.6. The Balaban J connectivity index is 3.73. The largest absolute Gasteiger partial charge is 0.480 e. The van der Waals surface area contributed by atoms with E-state index in [0.29, 0.717) is 12.8 Å². The summed E-state index contributed by atoms with van der Waals surface area (Å²) < 4.78 is 0. The molecule has 0 spiro atoms. The van der Waals surface area contributed by atoms with Gasteiger partial charge in [-0.25, -0.2) is 4.79 Å². The zero-order valence-corrected chi connectivity index (χ0v) is 8.40. The van der Waals surface area contributed by atoms with Crippen LogP contribution in [0, 0.1) is 12.3 Å². The number of hydrogen-bond acceptors (Lipinski definition) is 3. The molecule has 0 aliphatic heterocycles. The van der Waals surface area contributed by atoms with Crippen LogP contribution in [0.4, 0.5) is 0 Å². The number of carboxylic acids is 1. The predicted molar refractivity (Wildman–Crippen MR) is 54.0 cm³/mol. The van der Waals surface area contributed by atoms with Crippen molar-refractivity contribution in [1.29, 1.82) is 0 Å². The average molecular weight is 213 g/mol. The molecule has 0 aliphatic rings. The first-order chi connectivity index (χ1) is 7.11. The highest BCUT2D eigenvalue weighted by Crippen LogP contribution is 1.99. The van der Waals surface area contributed by atoms with Crippen molar-refractivity contribution >= 4 is 11.9 Å². The van der Waals surface area contributed by atoms with Crippen molar-refractivity contribution in [2.45, 2.75) is 31.7 Å². The number of nitrogens with one attached hydrogen (secondary N) is 1. The molecule has 5 heteroatoms. The summed E-state index contributed by atoms with van der Waals surface area (Å²) in [7, 11) is 0. The molecule has 0 aromatic rings. The Labute approximate surface area is 88.5 Å². The molecule has 0 radical (unpaired) electrons. The minimum atomic E-state index is -1.24. The summed E-state index contributed by atoms with van der Waals surface area (Å²) in [5, 5.41) is 19.4. The van der Waals surface area contributed by atoms with Crippen molar-refractivity contribution in [2.75, 3.05) is 6.61 Å². The summed E-state index contributed by atoms with van der Waals surface area (Å²) in [5.41, 5.74) is 0. The SMILES string of the molecule is C#CCCCCC(=O)NC(CO)C(=O)O. The van der Waals surface area contributed by atoms with Gasteiger partial charge in [-0.3, -0.25) is 4.79 Å². The fraction of sp³-hybridized carbons (Fsp3) is 0.600. The van der Waals surface area contributed by atoms with Crippen LogP contribution in [0.1, 0.15) is 25.7 Å². The minimum Gasteiger partial charge on any atom is -0.480 e. The number of hydrogen-bond donors (Lipinski definition) is 3. The van der Waals surface area contributed by atoms with E-state index in [4.69, 9.17) is 16.6 Å². The molecule has 15 heavy (non-hydrogen) atoms. The Morgan fingerprint density at radius 2 is 2.07 bits per heavy atom. The maximum atomic E-state index is 11.1. The maximum Gasteiger partial charge on any atom is 0.328 e. The summed E-state index contributed by atoms with van der Waals surface area (Å²) in [6, 6.07) is -1.22. The standard InChI is InChI=1S/C10H15NO4/c1-2-3-4-5-6-9(13)11-8(7-12)10(14)15/h1,8,12H,3-7H2,(H,11,13)(H,14,15). The van der Waals surface area contributed by atoms with Gasteiger partial charge in [0.15, 0.2) is 0 Å². The highest BCUT2D eigenvalue weighted by atomic mass is 16.4. The van der Waals surface area contributed by atoms with E-state index in [1.54, 1.807) is 0 Å². The molecule has 0 aromatic carbocycles. The monoisotopic (exact) mass is 213 g/mol. The van der Waals surface area contributed by atoms with Crippen molar-refractivity contribution in [2.24, 2.45) is 0 Å². The highest BCUT2D eigenvalue weighted by Gasteiger charge is 2.17. The van der Waals surface area contributed by atoms with Gasteiger partial charge in [0.2, 0.25) is 5.91 Å². The molecule has 1 unspecified atom stereocenters. The highest BCUT2D eigenvalue weighted by molar-refractivity contribution is 5.83. The van der Waals surface area contributed by atoms with Crippen molar-refractivity contribution in [1.82, 2.24) is 5.32 Å². The van der Waals surface area contributed by atoms with Gasteiger partial charge >= 0.3 is 5.97 Å². The van der Waals surface area contributed by atoms with Crippen LogP contribution >= 0.6 is 0 Å². The van der Waals surface area contributed by atoms with E-state index in [9.17, 15) is 9.59 Å². The maximum absolute atomic E-state index is 11.1. The Morgan fingerprint density at radius 3 is 2.53 bits per heavy atom. The summed E-state index contributed by atoms with van der Waals surface area (Å²) in [6.45, 7) is -0.606. The van der Waals surface area contributed by atoms with E-state index in [1.807, 2.05) is 0 Å². The first kappa shape index (κ1) is 13.5. The van der Waals surface area contributed by atoms with Gasteiger partial charge in [-0.15, -0.1) is 12.3 Å². The van der Waals surface area contributed by atoms with Crippen LogP contribution in [0.2, 0.25) is 0 Å². The molecule has 0 bridgehead atoms. The van der Waals surface area contributed by atoms with Gasteiger partial charge in [0.05, 0.1) is 6.61 Å². The first-order valence-electron chi connectivity index (χ1n) is 4.68.